The number of ether oxygens (including phenoxy) is 1. The molecule has 7 heteroatoms. The predicted molar refractivity (Wildman–Crippen MR) is 147 cm³/mol. The molecule has 0 radical (unpaired) electrons. The number of benzene rings is 3. The van der Waals surface area contributed by atoms with E-state index >= 15 is 0 Å². The minimum atomic E-state index is -0.0677. The number of nitrogens with zero attached hydrogens (tertiary/aromatic N) is 6. The van der Waals surface area contributed by atoms with Gasteiger partial charge in [-0.15, -0.1) is 5.10 Å². The van der Waals surface area contributed by atoms with Crippen molar-refractivity contribution in [1.29, 1.82) is 0 Å². The summed E-state index contributed by atoms with van der Waals surface area (Å²) in [4.78, 5) is 4.99. The molecule has 0 aliphatic carbocycles. The van der Waals surface area contributed by atoms with Crippen LogP contribution in [0.4, 0.5) is 0 Å². The second kappa shape index (κ2) is 11.5. The van der Waals surface area contributed by atoms with E-state index in [4.69, 9.17) is 4.74 Å². The van der Waals surface area contributed by atoms with Gasteiger partial charge in [0.1, 0.15) is 5.75 Å². The lowest BCUT2D eigenvalue weighted by Gasteiger charge is -2.38. The summed E-state index contributed by atoms with van der Waals surface area (Å²) >= 11 is 0. The second-order valence-corrected chi connectivity index (χ2v) is 9.51. The molecule has 0 spiro atoms. The van der Waals surface area contributed by atoms with E-state index in [9.17, 15) is 0 Å². The van der Waals surface area contributed by atoms with E-state index in [-0.39, 0.29) is 6.04 Å². The van der Waals surface area contributed by atoms with Crippen LogP contribution in [0.25, 0.3) is 11.8 Å². The molecule has 5 rings (SSSR count). The van der Waals surface area contributed by atoms with Gasteiger partial charge in [0.05, 0.1) is 18.8 Å². The average molecular weight is 495 g/mol. The Kier molecular flexibility index (Phi) is 7.73. The third-order valence-electron chi connectivity index (χ3n) is 7.07. The lowest BCUT2D eigenvalue weighted by molar-refractivity contribution is 0.113. The van der Waals surface area contributed by atoms with Gasteiger partial charge in [0.25, 0.3) is 0 Å². The summed E-state index contributed by atoms with van der Waals surface area (Å²) in [5, 5.41) is 13.2. The fourth-order valence-corrected chi connectivity index (χ4v) is 5.08. The normalized spacial score (nSPS) is 15.8. The Hall–Kier alpha value is -3.81. The Bertz CT molecular complexity index is 1300. The molecule has 7 nitrogen and oxygen atoms in total. The number of rotatable bonds is 8. The van der Waals surface area contributed by atoms with Crippen LogP contribution < -0.4 is 4.74 Å². The van der Waals surface area contributed by atoms with Gasteiger partial charge in [-0.2, -0.15) is 4.68 Å². The average Bonchev–Trinajstić information content (AvgIpc) is 3.39. The molecule has 2 heterocycles. The van der Waals surface area contributed by atoms with Gasteiger partial charge in [0.15, 0.2) is 5.82 Å². The Balaban J connectivity index is 1.39. The van der Waals surface area contributed by atoms with Crippen LogP contribution in [0.2, 0.25) is 0 Å². The van der Waals surface area contributed by atoms with Crippen LogP contribution in [0.1, 0.15) is 34.1 Å². The van der Waals surface area contributed by atoms with Crippen LogP contribution in [0.5, 0.6) is 5.75 Å². The SMILES string of the molecule is COc1ccc([C@@H](c2nnnn2-c2c(C)cccc2C)N2CCN(C/C=C/c3ccccc3)CC2)cc1. The minimum Gasteiger partial charge on any atom is -0.497 e. The third kappa shape index (κ3) is 5.63. The maximum Gasteiger partial charge on any atom is 0.178 e. The molecule has 190 valence electrons. The van der Waals surface area contributed by atoms with Gasteiger partial charge in [-0.25, -0.2) is 0 Å². The van der Waals surface area contributed by atoms with Crippen molar-refractivity contribution in [3.05, 3.63) is 107 Å². The molecule has 1 atom stereocenters. The summed E-state index contributed by atoms with van der Waals surface area (Å²) in [7, 11) is 1.69. The van der Waals surface area contributed by atoms with Crippen molar-refractivity contribution in [3.63, 3.8) is 0 Å². The monoisotopic (exact) mass is 494 g/mol. The fourth-order valence-electron chi connectivity index (χ4n) is 5.08. The van der Waals surface area contributed by atoms with E-state index in [1.807, 2.05) is 22.9 Å². The van der Waals surface area contributed by atoms with Crippen molar-refractivity contribution in [3.8, 4) is 11.4 Å². The summed E-state index contributed by atoms with van der Waals surface area (Å²) in [6.45, 7) is 8.98. The molecule has 0 N–H and O–H groups in total. The van der Waals surface area contributed by atoms with Crippen LogP contribution in [0.15, 0.2) is 78.9 Å². The molecule has 1 aromatic heterocycles. The van der Waals surface area contributed by atoms with Crippen LogP contribution in [0, 0.1) is 13.8 Å². The third-order valence-corrected chi connectivity index (χ3v) is 7.07. The van der Waals surface area contributed by atoms with Crippen molar-refractivity contribution in [2.45, 2.75) is 19.9 Å². The number of hydrogen-bond acceptors (Lipinski definition) is 6. The highest BCUT2D eigenvalue weighted by molar-refractivity contribution is 5.49. The van der Waals surface area contributed by atoms with Crippen LogP contribution in [-0.2, 0) is 0 Å². The van der Waals surface area contributed by atoms with Crippen molar-refractivity contribution < 1.29 is 4.74 Å². The summed E-state index contributed by atoms with van der Waals surface area (Å²) < 4.78 is 7.35. The summed E-state index contributed by atoms with van der Waals surface area (Å²) in [5.74, 6) is 1.67. The Morgan fingerprint density at radius 3 is 2.24 bits per heavy atom. The van der Waals surface area contributed by atoms with Gasteiger partial charge < -0.3 is 4.74 Å². The first-order chi connectivity index (χ1) is 18.1. The molecule has 3 aromatic carbocycles. The lowest BCUT2D eigenvalue weighted by Crippen LogP contribution is -2.48. The highest BCUT2D eigenvalue weighted by atomic mass is 16.5. The Morgan fingerprint density at radius 2 is 1.57 bits per heavy atom. The molecule has 0 unspecified atom stereocenters. The zero-order chi connectivity index (χ0) is 25.6. The van der Waals surface area contributed by atoms with Gasteiger partial charge >= 0.3 is 0 Å². The highest BCUT2D eigenvalue weighted by Crippen LogP contribution is 2.31. The number of aryl methyl sites for hydroxylation is 2. The molecule has 1 aliphatic heterocycles. The summed E-state index contributed by atoms with van der Waals surface area (Å²) in [6.07, 6.45) is 4.46. The van der Waals surface area contributed by atoms with Crippen molar-refractivity contribution >= 4 is 6.08 Å². The highest BCUT2D eigenvalue weighted by Gasteiger charge is 2.31. The van der Waals surface area contributed by atoms with E-state index in [1.54, 1.807) is 7.11 Å². The molecular weight excluding hydrogens is 460 g/mol. The van der Waals surface area contributed by atoms with Gasteiger partial charge in [0.2, 0.25) is 0 Å². The smallest absolute Gasteiger partial charge is 0.178 e. The maximum atomic E-state index is 5.42. The standard InChI is InChI=1S/C30H34N6O/c1-23-9-7-10-24(2)28(23)36-30(31-32-33-36)29(26-14-16-27(37-3)17-15-26)35-21-19-34(20-22-35)18-8-13-25-11-5-4-6-12-25/h4-17,29H,18-22H2,1-3H3/b13-8+/t29-/m0/s1. The first-order valence-corrected chi connectivity index (χ1v) is 12.8. The van der Waals surface area contributed by atoms with Gasteiger partial charge in [-0.3, -0.25) is 9.80 Å². The molecule has 1 fully saturated rings. The molecule has 1 saturated heterocycles. The van der Waals surface area contributed by atoms with E-state index in [0.717, 1.165) is 66.7 Å². The van der Waals surface area contributed by atoms with Crippen LogP contribution in [-0.4, -0.2) is 69.8 Å². The number of aromatic nitrogens is 4. The largest absolute Gasteiger partial charge is 0.497 e. The quantitative estimate of drug-likeness (QED) is 0.354. The Morgan fingerprint density at radius 1 is 0.865 bits per heavy atom. The Labute approximate surface area is 219 Å². The van der Waals surface area contributed by atoms with Crippen molar-refractivity contribution in [1.82, 2.24) is 30.0 Å². The minimum absolute atomic E-state index is 0.0677. The molecule has 0 bridgehead atoms. The molecular formula is C30H34N6O. The zero-order valence-electron chi connectivity index (χ0n) is 21.8. The number of piperazine rings is 1. The predicted octanol–water partition coefficient (Wildman–Crippen LogP) is 4.71. The molecule has 37 heavy (non-hydrogen) atoms. The first kappa shape index (κ1) is 24.9. The summed E-state index contributed by atoms with van der Waals surface area (Å²) in [5.41, 5.74) is 5.74. The number of para-hydroxylation sites is 1. The van der Waals surface area contributed by atoms with Crippen molar-refractivity contribution in [2.24, 2.45) is 0 Å². The topological polar surface area (TPSA) is 59.3 Å². The molecule has 0 amide bonds. The van der Waals surface area contributed by atoms with Gasteiger partial charge in [0, 0.05) is 32.7 Å². The fraction of sp³-hybridized carbons (Fsp3) is 0.300. The van der Waals surface area contributed by atoms with Gasteiger partial charge in [-0.05, 0) is 58.7 Å². The molecule has 0 saturated carbocycles. The lowest BCUT2D eigenvalue weighted by atomic mass is 10.0. The van der Waals surface area contributed by atoms with Crippen LogP contribution in [0.3, 0.4) is 0 Å². The maximum absolute atomic E-state index is 5.42. The van der Waals surface area contributed by atoms with E-state index in [1.165, 1.54) is 5.56 Å². The van der Waals surface area contributed by atoms with E-state index in [0.29, 0.717) is 0 Å². The first-order valence-electron chi connectivity index (χ1n) is 12.8. The zero-order valence-corrected chi connectivity index (χ0v) is 21.8. The number of methoxy groups -OCH3 is 1. The number of hydrogen-bond donors (Lipinski definition) is 0. The van der Waals surface area contributed by atoms with E-state index in [2.05, 4.69) is 106 Å². The van der Waals surface area contributed by atoms with Crippen molar-refractivity contribution in [2.75, 3.05) is 39.8 Å². The molecule has 4 aromatic rings. The van der Waals surface area contributed by atoms with Gasteiger partial charge in [-0.1, -0.05) is 72.8 Å². The number of tetrazole rings is 1. The second-order valence-electron chi connectivity index (χ2n) is 9.51. The van der Waals surface area contributed by atoms with Crippen LogP contribution >= 0.6 is 0 Å². The molecule has 1 aliphatic rings. The summed E-state index contributed by atoms with van der Waals surface area (Å²) in [6, 6.07) is 25.0. The van der Waals surface area contributed by atoms with E-state index < -0.39 is 0 Å².